The van der Waals surface area contributed by atoms with E-state index in [1.807, 2.05) is 5.14 Å². The summed E-state index contributed by atoms with van der Waals surface area (Å²) in [7, 11) is 0. The molecular weight excluding hydrogens is 252 g/mol. The Hall–Kier alpha value is 0.715. The second-order valence-electron chi connectivity index (χ2n) is 2.77. The van der Waals surface area contributed by atoms with Crippen molar-refractivity contribution >= 4 is 27.5 Å². The minimum Gasteiger partial charge on any atom is -0.378 e. The number of nitrogens with one attached hydrogen (secondary N) is 1. The summed E-state index contributed by atoms with van der Waals surface area (Å²) in [6.07, 6.45) is 2.64. The van der Waals surface area contributed by atoms with Gasteiger partial charge in [-0.05, 0) is 18.8 Å². The molecular formula is C7H16BINO. The normalized spacial score (nSPS) is 16.0. The SMILES string of the molecule is CCCC(C)[C@@H](O)NC[B]I. The topological polar surface area (TPSA) is 32.3 Å². The minimum atomic E-state index is -0.346. The van der Waals surface area contributed by atoms with Crippen LogP contribution >= 0.6 is 22.4 Å². The third-order valence-corrected chi connectivity index (χ3v) is 2.13. The first kappa shape index (κ1) is 11.7. The van der Waals surface area contributed by atoms with Crippen LogP contribution in [0.2, 0.25) is 0 Å². The van der Waals surface area contributed by atoms with Gasteiger partial charge >= 0.3 is 0 Å². The Labute approximate surface area is 83.3 Å². The van der Waals surface area contributed by atoms with E-state index in [0.717, 1.165) is 19.3 Å². The summed E-state index contributed by atoms with van der Waals surface area (Å²) < 4.78 is 0. The average molecular weight is 268 g/mol. The summed E-state index contributed by atoms with van der Waals surface area (Å²) in [4.78, 5) is 0. The van der Waals surface area contributed by atoms with Gasteiger partial charge in [-0.25, -0.2) is 0 Å². The number of aliphatic hydroxyl groups is 1. The Balaban J connectivity index is 3.38. The quantitative estimate of drug-likeness (QED) is 0.433. The van der Waals surface area contributed by atoms with Crippen molar-refractivity contribution in [2.45, 2.75) is 32.9 Å². The van der Waals surface area contributed by atoms with E-state index in [-0.39, 0.29) is 6.23 Å². The van der Waals surface area contributed by atoms with Crippen LogP contribution in [0.4, 0.5) is 0 Å². The molecule has 1 unspecified atom stereocenters. The summed E-state index contributed by atoms with van der Waals surface area (Å²) in [6, 6.07) is 0. The van der Waals surface area contributed by atoms with Gasteiger partial charge in [-0.3, -0.25) is 5.32 Å². The van der Waals surface area contributed by atoms with Crippen molar-refractivity contribution in [2.24, 2.45) is 5.92 Å². The molecule has 2 nitrogen and oxygen atoms in total. The standard InChI is InChI=1S/C7H16BINO/c1-3-4-6(2)7(11)10-5-8-9/h6-7,10-11H,3-5H2,1-2H3/t6?,7-/m1/s1. The van der Waals surface area contributed by atoms with Crippen LogP contribution in [0.1, 0.15) is 26.7 Å². The molecule has 0 aromatic carbocycles. The first-order chi connectivity index (χ1) is 5.22. The molecule has 4 heteroatoms. The molecule has 0 spiro atoms. The first-order valence-corrected chi connectivity index (χ1v) is 5.30. The molecule has 2 N–H and O–H groups in total. The third kappa shape index (κ3) is 5.93. The summed E-state index contributed by atoms with van der Waals surface area (Å²) in [5.41, 5.74) is 0. The van der Waals surface area contributed by atoms with Gasteiger partial charge < -0.3 is 5.11 Å². The molecule has 0 bridgehead atoms. The zero-order valence-corrected chi connectivity index (χ0v) is 9.34. The molecule has 65 valence electrons. The Morgan fingerprint density at radius 3 is 2.73 bits per heavy atom. The summed E-state index contributed by atoms with van der Waals surface area (Å²) in [6.45, 7) is 4.20. The molecule has 0 aromatic heterocycles. The minimum absolute atomic E-state index is 0.346. The predicted molar refractivity (Wildman–Crippen MR) is 57.9 cm³/mol. The van der Waals surface area contributed by atoms with Gasteiger partial charge in [0.25, 0.3) is 0 Å². The van der Waals surface area contributed by atoms with E-state index in [4.69, 9.17) is 0 Å². The fourth-order valence-corrected chi connectivity index (χ4v) is 1.23. The molecule has 1 radical (unpaired) electrons. The molecule has 11 heavy (non-hydrogen) atoms. The van der Waals surface area contributed by atoms with Gasteiger partial charge in [-0.1, -0.05) is 20.3 Å². The molecule has 0 aliphatic heterocycles. The number of halogens is 1. The maximum absolute atomic E-state index is 9.45. The Morgan fingerprint density at radius 2 is 2.27 bits per heavy atom. The van der Waals surface area contributed by atoms with Crippen LogP contribution in [0, 0.1) is 5.92 Å². The van der Waals surface area contributed by atoms with Crippen LogP contribution in [-0.2, 0) is 0 Å². The van der Waals surface area contributed by atoms with Crippen LogP contribution in [0.5, 0.6) is 0 Å². The van der Waals surface area contributed by atoms with Gasteiger partial charge in [0, 0.05) is 0 Å². The molecule has 0 amide bonds. The third-order valence-electron chi connectivity index (χ3n) is 1.69. The monoisotopic (exact) mass is 268 g/mol. The second kappa shape index (κ2) is 7.37. The highest BCUT2D eigenvalue weighted by Crippen LogP contribution is 2.07. The van der Waals surface area contributed by atoms with Crippen molar-refractivity contribution in [1.29, 1.82) is 0 Å². The van der Waals surface area contributed by atoms with Gasteiger partial charge in [0.2, 0.25) is 5.14 Å². The smallest absolute Gasteiger partial charge is 0.216 e. The molecule has 0 saturated heterocycles. The van der Waals surface area contributed by atoms with Crippen molar-refractivity contribution in [3.05, 3.63) is 0 Å². The average Bonchev–Trinajstić information content (AvgIpc) is 2.00. The Morgan fingerprint density at radius 1 is 1.64 bits per heavy atom. The lowest BCUT2D eigenvalue weighted by molar-refractivity contribution is 0.0839. The fourth-order valence-electron chi connectivity index (χ4n) is 0.980. The zero-order valence-electron chi connectivity index (χ0n) is 7.18. The van der Waals surface area contributed by atoms with Crippen LogP contribution in [0.25, 0.3) is 0 Å². The van der Waals surface area contributed by atoms with Gasteiger partial charge in [0.15, 0.2) is 0 Å². The second-order valence-corrected chi connectivity index (χ2v) is 3.65. The fraction of sp³-hybridized carbons (Fsp3) is 1.00. The van der Waals surface area contributed by atoms with Crippen molar-refractivity contribution in [3.63, 3.8) is 0 Å². The summed E-state index contributed by atoms with van der Waals surface area (Å²) in [5.74, 6) is 0.358. The van der Waals surface area contributed by atoms with Gasteiger partial charge in [0.1, 0.15) is 6.23 Å². The summed E-state index contributed by atoms with van der Waals surface area (Å²) in [5, 5.41) is 14.4. The van der Waals surface area contributed by atoms with Crippen molar-refractivity contribution in [3.8, 4) is 0 Å². The van der Waals surface area contributed by atoms with Crippen LogP contribution in [0.3, 0.4) is 0 Å². The van der Waals surface area contributed by atoms with E-state index >= 15 is 0 Å². The molecule has 0 heterocycles. The highest BCUT2D eigenvalue weighted by Gasteiger charge is 2.11. The van der Waals surface area contributed by atoms with E-state index in [2.05, 4.69) is 41.5 Å². The number of hydrogen-bond donors (Lipinski definition) is 2. The van der Waals surface area contributed by atoms with E-state index in [9.17, 15) is 5.11 Å². The van der Waals surface area contributed by atoms with Gasteiger partial charge in [0.05, 0.1) is 0 Å². The molecule has 0 aliphatic carbocycles. The first-order valence-electron chi connectivity index (χ1n) is 4.05. The number of hydrogen-bond acceptors (Lipinski definition) is 2. The lowest BCUT2D eigenvalue weighted by Gasteiger charge is -2.18. The van der Waals surface area contributed by atoms with Crippen LogP contribution in [-0.4, -0.2) is 22.9 Å². The molecule has 0 aliphatic rings. The van der Waals surface area contributed by atoms with E-state index in [1.54, 1.807) is 0 Å². The maximum atomic E-state index is 9.45. The zero-order chi connectivity index (χ0) is 8.69. The van der Waals surface area contributed by atoms with Crippen LogP contribution in [0.15, 0.2) is 0 Å². The number of rotatable bonds is 6. The largest absolute Gasteiger partial charge is 0.378 e. The van der Waals surface area contributed by atoms with Crippen molar-refractivity contribution in [1.82, 2.24) is 5.32 Å². The molecule has 0 fully saturated rings. The molecule has 0 aromatic rings. The van der Waals surface area contributed by atoms with Crippen LogP contribution < -0.4 is 5.32 Å². The molecule has 0 saturated carbocycles. The highest BCUT2D eigenvalue weighted by atomic mass is 127. The van der Waals surface area contributed by atoms with Gasteiger partial charge in [-0.15, -0.1) is 0 Å². The maximum Gasteiger partial charge on any atom is 0.216 e. The Bertz CT molecular complexity index is 94.5. The highest BCUT2D eigenvalue weighted by molar-refractivity contribution is 14.1. The number of aliphatic hydroxyl groups excluding tert-OH is 1. The van der Waals surface area contributed by atoms with E-state index in [0.29, 0.717) is 5.92 Å². The lowest BCUT2D eigenvalue weighted by Crippen LogP contribution is -2.36. The lowest BCUT2D eigenvalue weighted by atomic mass is 10.0. The molecule has 2 atom stereocenters. The van der Waals surface area contributed by atoms with E-state index < -0.39 is 0 Å². The van der Waals surface area contributed by atoms with E-state index in [1.165, 1.54) is 0 Å². The molecule has 0 rings (SSSR count). The Kier molecular flexibility index (Phi) is 7.85. The predicted octanol–water partition coefficient (Wildman–Crippen LogP) is 1.34. The van der Waals surface area contributed by atoms with Gasteiger partial charge in [-0.2, -0.15) is 22.4 Å². The van der Waals surface area contributed by atoms with Crippen molar-refractivity contribution < 1.29 is 5.11 Å². The van der Waals surface area contributed by atoms with Crippen molar-refractivity contribution in [2.75, 3.05) is 6.44 Å². The summed E-state index contributed by atoms with van der Waals surface area (Å²) >= 11 is 2.17.